The molecule has 3 heterocycles. The molecule has 1 aliphatic carbocycles. The van der Waals surface area contributed by atoms with Gasteiger partial charge in [-0.3, -0.25) is 4.98 Å². The van der Waals surface area contributed by atoms with E-state index in [2.05, 4.69) is 25.4 Å². The van der Waals surface area contributed by atoms with E-state index in [-0.39, 0.29) is 0 Å². The van der Waals surface area contributed by atoms with Gasteiger partial charge in [0.1, 0.15) is 12.1 Å². The lowest BCUT2D eigenvalue weighted by Crippen LogP contribution is -2.33. The number of hydrogen-bond acceptors (Lipinski definition) is 6. The molecular weight excluding hydrogens is 292 g/mol. The van der Waals surface area contributed by atoms with Gasteiger partial charge in [0.2, 0.25) is 0 Å². The molecule has 7 nitrogen and oxygen atoms in total. The van der Waals surface area contributed by atoms with Crippen LogP contribution in [-0.4, -0.2) is 42.0 Å². The number of aliphatic hydroxyl groups is 1. The van der Waals surface area contributed by atoms with Gasteiger partial charge in [0.25, 0.3) is 0 Å². The van der Waals surface area contributed by atoms with E-state index in [0.29, 0.717) is 12.4 Å². The SMILES string of the molecule is OC1(CNc2ncnc3c2cnn3-c2ccncc2)CCCC1. The van der Waals surface area contributed by atoms with Crippen molar-refractivity contribution in [1.82, 2.24) is 24.7 Å². The second-order valence-electron chi connectivity index (χ2n) is 6.01. The van der Waals surface area contributed by atoms with Crippen LogP contribution in [0.3, 0.4) is 0 Å². The molecule has 3 aromatic rings. The first kappa shape index (κ1) is 14.1. The van der Waals surface area contributed by atoms with Crippen LogP contribution in [-0.2, 0) is 0 Å². The van der Waals surface area contributed by atoms with Gasteiger partial charge in [-0.1, -0.05) is 12.8 Å². The highest BCUT2D eigenvalue weighted by Gasteiger charge is 2.31. The fraction of sp³-hybridized carbons (Fsp3) is 0.375. The average molecular weight is 310 g/mol. The Balaban J connectivity index is 1.65. The predicted molar refractivity (Wildman–Crippen MR) is 86.4 cm³/mol. The quantitative estimate of drug-likeness (QED) is 0.765. The van der Waals surface area contributed by atoms with Gasteiger partial charge in [0, 0.05) is 18.9 Å². The number of fused-ring (bicyclic) bond motifs is 1. The molecule has 4 rings (SSSR count). The van der Waals surface area contributed by atoms with E-state index in [1.54, 1.807) is 23.3 Å². The van der Waals surface area contributed by atoms with Gasteiger partial charge in [0.15, 0.2) is 5.65 Å². The Bertz CT molecular complexity index is 810. The molecule has 23 heavy (non-hydrogen) atoms. The van der Waals surface area contributed by atoms with E-state index >= 15 is 0 Å². The summed E-state index contributed by atoms with van der Waals surface area (Å²) in [6, 6.07) is 3.76. The third-order valence-corrected chi connectivity index (χ3v) is 4.39. The maximum Gasteiger partial charge on any atom is 0.168 e. The number of nitrogens with zero attached hydrogens (tertiary/aromatic N) is 5. The Labute approximate surface area is 133 Å². The summed E-state index contributed by atoms with van der Waals surface area (Å²) in [5.74, 6) is 0.704. The molecule has 1 aliphatic rings. The number of anilines is 1. The monoisotopic (exact) mass is 310 g/mol. The molecule has 0 amide bonds. The fourth-order valence-electron chi connectivity index (χ4n) is 3.12. The summed E-state index contributed by atoms with van der Waals surface area (Å²) in [6.07, 6.45) is 10.5. The largest absolute Gasteiger partial charge is 0.388 e. The summed E-state index contributed by atoms with van der Waals surface area (Å²) in [5.41, 5.74) is 0.999. The summed E-state index contributed by atoms with van der Waals surface area (Å²) >= 11 is 0. The third-order valence-electron chi connectivity index (χ3n) is 4.39. The van der Waals surface area contributed by atoms with Crippen molar-refractivity contribution in [3.8, 4) is 5.69 Å². The van der Waals surface area contributed by atoms with E-state index in [1.807, 2.05) is 12.1 Å². The van der Waals surface area contributed by atoms with Crippen molar-refractivity contribution in [3.63, 3.8) is 0 Å². The molecule has 1 fully saturated rings. The average Bonchev–Trinajstić information content (AvgIpc) is 3.21. The molecule has 0 bridgehead atoms. The van der Waals surface area contributed by atoms with Crippen molar-refractivity contribution < 1.29 is 5.11 Å². The van der Waals surface area contributed by atoms with Crippen LogP contribution in [0.15, 0.2) is 37.1 Å². The van der Waals surface area contributed by atoms with Crippen LogP contribution in [0.2, 0.25) is 0 Å². The lowest BCUT2D eigenvalue weighted by atomic mass is 10.0. The lowest BCUT2D eigenvalue weighted by Gasteiger charge is -2.22. The van der Waals surface area contributed by atoms with Gasteiger partial charge in [-0.15, -0.1) is 0 Å². The standard InChI is InChI=1S/C16H18N6O/c23-16(5-1-2-6-16)10-18-14-13-9-21-22(15(13)20-11-19-14)12-3-7-17-8-4-12/h3-4,7-9,11,23H,1-2,5-6,10H2,(H,18,19,20). The molecule has 0 saturated heterocycles. The minimum Gasteiger partial charge on any atom is -0.388 e. The van der Waals surface area contributed by atoms with Crippen LogP contribution in [0.25, 0.3) is 16.7 Å². The molecule has 3 aromatic heterocycles. The smallest absolute Gasteiger partial charge is 0.168 e. The number of nitrogens with one attached hydrogen (secondary N) is 1. The summed E-state index contributed by atoms with van der Waals surface area (Å²) < 4.78 is 1.76. The molecule has 0 aromatic carbocycles. The zero-order valence-electron chi connectivity index (χ0n) is 12.7. The number of aromatic nitrogens is 5. The van der Waals surface area contributed by atoms with Gasteiger partial charge in [0.05, 0.1) is 22.9 Å². The predicted octanol–water partition coefficient (Wildman–Crippen LogP) is 1.93. The van der Waals surface area contributed by atoms with Gasteiger partial charge in [-0.2, -0.15) is 5.10 Å². The van der Waals surface area contributed by atoms with E-state index in [0.717, 1.165) is 42.4 Å². The molecule has 0 aliphatic heterocycles. The fourth-order valence-corrected chi connectivity index (χ4v) is 3.12. The van der Waals surface area contributed by atoms with Gasteiger partial charge >= 0.3 is 0 Å². The number of hydrogen-bond donors (Lipinski definition) is 2. The molecule has 0 unspecified atom stereocenters. The zero-order chi connectivity index (χ0) is 15.7. The second-order valence-corrected chi connectivity index (χ2v) is 6.01. The maximum absolute atomic E-state index is 10.5. The van der Waals surface area contributed by atoms with Crippen molar-refractivity contribution in [2.75, 3.05) is 11.9 Å². The third kappa shape index (κ3) is 2.63. The van der Waals surface area contributed by atoms with Crippen LogP contribution < -0.4 is 5.32 Å². The summed E-state index contributed by atoms with van der Waals surface area (Å²) in [6.45, 7) is 0.500. The Morgan fingerprint density at radius 1 is 1.17 bits per heavy atom. The van der Waals surface area contributed by atoms with Crippen LogP contribution in [0.1, 0.15) is 25.7 Å². The van der Waals surface area contributed by atoms with Crippen LogP contribution >= 0.6 is 0 Å². The molecule has 2 N–H and O–H groups in total. The molecular formula is C16H18N6O. The first-order valence-corrected chi connectivity index (χ1v) is 7.81. The molecule has 0 atom stereocenters. The van der Waals surface area contributed by atoms with E-state index in [4.69, 9.17) is 0 Å². The molecule has 7 heteroatoms. The minimum atomic E-state index is -0.627. The number of pyridine rings is 1. The summed E-state index contributed by atoms with van der Waals surface area (Å²) in [7, 11) is 0. The molecule has 0 radical (unpaired) electrons. The summed E-state index contributed by atoms with van der Waals surface area (Å²) in [5, 5.41) is 19.0. The van der Waals surface area contributed by atoms with Crippen molar-refractivity contribution in [1.29, 1.82) is 0 Å². The van der Waals surface area contributed by atoms with Crippen LogP contribution in [0.4, 0.5) is 5.82 Å². The van der Waals surface area contributed by atoms with Gasteiger partial charge in [-0.05, 0) is 25.0 Å². The van der Waals surface area contributed by atoms with E-state index in [1.165, 1.54) is 6.33 Å². The Morgan fingerprint density at radius 2 is 1.96 bits per heavy atom. The first-order valence-electron chi connectivity index (χ1n) is 7.81. The maximum atomic E-state index is 10.5. The first-order chi connectivity index (χ1) is 11.3. The lowest BCUT2D eigenvalue weighted by molar-refractivity contribution is 0.0614. The van der Waals surface area contributed by atoms with E-state index in [9.17, 15) is 5.11 Å². The summed E-state index contributed by atoms with van der Waals surface area (Å²) in [4.78, 5) is 12.7. The highest BCUT2D eigenvalue weighted by atomic mass is 16.3. The highest BCUT2D eigenvalue weighted by Crippen LogP contribution is 2.30. The van der Waals surface area contributed by atoms with E-state index < -0.39 is 5.60 Å². The Kier molecular flexibility index (Phi) is 3.42. The van der Waals surface area contributed by atoms with Crippen molar-refractivity contribution in [2.45, 2.75) is 31.3 Å². The van der Waals surface area contributed by atoms with Gasteiger partial charge in [-0.25, -0.2) is 14.6 Å². The Morgan fingerprint density at radius 3 is 2.74 bits per heavy atom. The van der Waals surface area contributed by atoms with Crippen molar-refractivity contribution in [2.24, 2.45) is 0 Å². The number of rotatable bonds is 4. The van der Waals surface area contributed by atoms with Gasteiger partial charge < -0.3 is 10.4 Å². The molecule has 0 spiro atoms. The van der Waals surface area contributed by atoms with Crippen molar-refractivity contribution >= 4 is 16.9 Å². The van der Waals surface area contributed by atoms with Crippen LogP contribution in [0, 0.1) is 0 Å². The molecule has 1 saturated carbocycles. The topological polar surface area (TPSA) is 88.8 Å². The highest BCUT2D eigenvalue weighted by molar-refractivity contribution is 5.87. The normalized spacial score (nSPS) is 16.7. The van der Waals surface area contributed by atoms with Crippen LogP contribution in [0.5, 0.6) is 0 Å². The molecule has 118 valence electrons. The second kappa shape index (κ2) is 5.58. The van der Waals surface area contributed by atoms with Crippen molar-refractivity contribution in [3.05, 3.63) is 37.1 Å². The minimum absolute atomic E-state index is 0.500. The Hall–Kier alpha value is -2.54. The zero-order valence-corrected chi connectivity index (χ0v) is 12.7.